The van der Waals surface area contributed by atoms with Crippen LogP contribution in [0.1, 0.15) is 44.6 Å². The van der Waals surface area contributed by atoms with Gasteiger partial charge in [0.15, 0.2) is 0 Å². The first-order valence-corrected chi connectivity index (χ1v) is 13.1. The summed E-state index contributed by atoms with van der Waals surface area (Å²) in [6.07, 6.45) is 4.73. The summed E-state index contributed by atoms with van der Waals surface area (Å²) in [5, 5.41) is 0. The maximum absolute atomic E-state index is 12.6. The maximum Gasteiger partial charge on any atom is 0.215 e. The fourth-order valence-electron chi connectivity index (χ4n) is 3.67. The molecule has 0 bridgehead atoms. The molecular weight excluding hydrogens is 420 g/mol. The molecule has 1 aliphatic heterocycles. The second-order valence-electron chi connectivity index (χ2n) is 8.03. The summed E-state index contributed by atoms with van der Waals surface area (Å²) >= 11 is 0. The van der Waals surface area contributed by atoms with Gasteiger partial charge in [0.05, 0.1) is 5.75 Å². The number of unbranched alkanes of at least 4 members (excludes halogenated alkanes) is 3. The summed E-state index contributed by atoms with van der Waals surface area (Å²) in [5.41, 5.74) is 2.23. The Labute approximate surface area is 193 Å². The number of sulfonamides is 1. The van der Waals surface area contributed by atoms with E-state index in [9.17, 15) is 8.42 Å². The van der Waals surface area contributed by atoms with Gasteiger partial charge in [0.2, 0.25) is 10.0 Å². The third kappa shape index (κ3) is 7.58. The van der Waals surface area contributed by atoms with E-state index in [-0.39, 0.29) is 5.75 Å². The van der Waals surface area contributed by atoms with Gasteiger partial charge < -0.3 is 9.64 Å². The molecule has 0 radical (unpaired) electrons. The first-order valence-electron chi connectivity index (χ1n) is 11.5. The van der Waals surface area contributed by atoms with Crippen LogP contribution in [-0.4, -0.2) is 44.7 Å². The first kappa shape index (κ1) is 24.2. The molecule has 32 heavy (non-hydrogen) atoms. The van der Waals surface area contributed by atoms with Crippen LogP contribution in [0.2, 0.25) is 0 Å². The molecule has 0 amide bonds. The number of hydrogen-bond donors (Lipinski definition) is 0. The molecule has 0 spiro atoms. The molecule has 0 unspecified atom stereocenters. The number of ether oxygens (including phenoxy) is 1. The van der Waals surface area contributed by atoms with E-state index in [2.05, 4.69) is 23.7 Å². The largest absolute Gasteiger partial charge is 0.489 e. The quantitative estimate of drug-likeness (QED) is 0.386. The van der Waals surface area contributed by atoms with Crippen LogP contribution in [0.15, 0.2) is 54.6 Å². The van der Waals surface area contributed by atoms with Gasteiger partial charge in [-0.05, 0) is 36.2 Å². The molecule has 1 fully saturated rings. The number of benzene rings is 2. The highest BCUT2D eigenvalue weighted by Crippen LogP contribution is 2.22. The average molecular weight is 455 g/mol. The van der Waals surface area contributed by atoms with Crippen molar-refractivity contribution in [1.29, 1.82) is 0 Å². The summed E-state index contributed by atoms with van der Waals surface area (Å²) in [5.74, 6) is 7.06. The van der Waals surface area contributed by atoms with Crippen LogP contribution in [0.5, 0.6) is 5.75 Å². The van der Waals surface area contributed by atoms with Crippen molar-refractivity contribution >= 4 is 15.7 Å². The van der Waals surface area contributed by atoms with Crippen LogP contribution in [0.4, 0.5) is 5.69 Å². The van der Waals surface area contributed by atoms with Crippen molar-refractivity contribution < 1.29 is 13.2 Å². The predicted molar refractivity (Wildman–Crippen MR) is 131 cm³/mol. The number of hydrogen-bond acceptors (Lipinski definition) is 4. The Morgan fingerprint density at radius 1 is 0.875 bits per heavy atom. The Bertz CT molecular complexity index is 971. The predicted octanol–water partition coefficient (Wildman–Crippen LogP) is 4.69. The zero-order valence-corrected chi connectivity index (χ0v) is 19.8. The monoisotopic (exact) mass is 454 g/mol. The minimum absolute atomic E-state index is 0.112. The first-order chi connectivity index (χ1) is 15.6. The van der Waals surface area contributed by atoms with Crippen molar-refractivity contribution in [1.82, 2.24) is 4.31 Å². The van der Waals surface area contributed by atoms with Crippen LogP contribution in [0.25, 0.3) is 0 Å². The van der Waals surface area contributed by atoms with E-state index >= 15 is 0 Å². The lowest BCUT2D eigenvalue weighted by Gasteiger charge is -2.35. The smallest absolute Gasteiger partial charge is 0.215 e. The van der Waals surface area contributed by atoms with Crippen LogP contribution in [0, 0.1) is 11.8 Å². The lowest BCUT2D eigenvalue weighted by Crippen LogP contribution is -2.49. The van der Waals surface area contributed by atoms with E-state index in [1.165, 1.54) is 12.8 Å². The van der Waals surface area contributed by atoms with E-state index in [0.29, 0.717) is 39.2 Å². The van der Waals surface area contributed by atoms with Crippen molar-refractivity contribution in [2.75, 3.05) is 36.8 Å². The second kappa shape index (κ2) is 12.5. The van der Waals surface area contributed by atoms with Gasteiger partial charge in [0.1, 0.15) is 12.4 Å². The zero-order valence-electron chi connectivity index (χ0n) is 19.0. The van der Waals surface area contributed by atoms with Crippen LogP contribution in [0.3, 0.4) is 0 Å². The van der Waals surface area contributed by atoms with Gasteiger partial charge >= 0.3 is 0 Å². The molecule has 2 aromatic rings. The topological polar surface area (TPSA) is 49.9 Å². The zero-order chi connectivity index (χ0) is 22.7. The van der Waals surface area contributed by atoms with Crippen molar-refractivity contribution in [3.63, 3.8) is 0 Å². The summed E-state index contributed by atoms with van der Waals surface area (Å²) < 4.78 is 32.7. The van der Waals surface area contributed by atoms with Crippen molar-refractivity contribution in [3.05, 3.63) is 60.2 Å². The molecule has 0 atom stereocenters. The normalized spacial score (nSPS) is 14.6. The molecule has 1 saturated heterocycles. The Balaban J connectivity index is 1.42. The van der Waals surface area contributed by atoms with Crippen molar-refractivity contribution in [2.24, 2.45) is 0 Å². The molecule has 2 aromatic carbocycles. The minimum atomic E-state index is -3.24. The Morgan fingerprint density at radius 2 is 1.56 bits per heavy atom. The van der Waals surface area contributed by atoms with E-state index in [4.69, 9.17) is 4.74 Å². The number of rotatable bonds is 10. The van der Waals surface area contributed by atoms with Crippen molar-refractivity contribution in [2.45, 2.75) is 45.6 Å². The van der Waals surface area contributed by atoms with E-state index in [1.54, 1.807) is 4.31 Å². The summed E-state index contributed by atoms with van der Waals surface area (Å²) in [6.45, 7) is 5.10. The van der Waals surface area contributed by atoms with Crippen LogP contribution >= 0.6 is 0 Å². The molecular formula is C26H34N2O3S. The van der Waals surface area contributed by atoms with Gasteiger partial charge in [-0.15, -0.1) is 11.8 Å². The highest BCUT2D eigenvalue weighted by molar-refractivity contribution is 7.89. The van der Waals surface area contributed by atoms with Crippen LogP contribution in [-0.2, 0) is 16.6 Å². The summed E-state index contributed by atoms with van der Waals surface area (Å²) in [4.78, 5) is 2.22. The molecule has 1 aliphatic rings. The van der Waals surface area contributed by atoms with Gasteiger partial charge in [-0.3, -0.25) is 0 Å². The fraction of sp³-hybridized carbons (Fsp3) is 0.462. The molecule has 0 aromatic heterocycles. The molecule has 0 saturated carbocycles. The van der Waals surface area contributed by atoms with E-state index < -0.39 is 10.0 Å². The van der Waals surface area contributed by atoms with Gasteiger partial charge in [0, 0.05) is 44.7 Å². The highest BCUT2D eigenvalue weighted by atomic mass is 32.2. The Hall–Kier alpha value is -2.49. The Kier molecular flexibility index (Phi) is 9.45. The Morgan fingerprint density at radius 3 is 2.25 bits per heavy atom. The molecule has 3 rings (SSSR count). The standard InChI is InChI=1S/C26H34N2O3S/c1-2-3-4-5-6-7-11-22-32(29,30)28-20-18-27(19-21-28)25-14-16-26(17-15-25)31-23-24-12-9-8-10-13-24/h8-10,12-17H,2-5,11,18-23H2,1H3. The lowest BCUT2D eigenvalue weighted by atomic mass is 10.2. The van der Waals surface area contributed by atoms with Gasteiger partial charge in [-0.1, -0.05) is 50.1 Å². The summed E-state index contributed by atoms with van der Waals surface area (Å²) in [6, 6.07) is 18.1. The summed E-state index contributed by atoms with van der Waals surface area (Å²) in [7, 11) is -3.24. The van der Waals surface area contributed by atoms with Gasteiger partial charge in [-0.25, -0.2) is 8.42 Å². The third-order valence-electron chi connectivity index (χ3n) is 5.60. The van der Waals surface area contributed by atoms with Gasteiger partial charge in [0.25, 0.3) is 0 Å². The number of piperazine rings is 1. The average Bonchev–Trinajstić information content (AvgIpc) is 2.83. The lowest BCUT2D eigenvalue weighted by molar-refractivity contribution is 0.306. The fourth-order valence-corrected chi connectivity index (χ4v) is 5.01. The molecule has 5 nitrogen and oxygen atoms in total. The highest BCUT2D eigenvalue weighted by Gasteiger charge is 2.26. The SMILES string of the molecule is CCCCCC#CCCS(=O)(=O)N1CCN(c2ccc(OCc3ccccc3)cc2)CC1. The van der Waals surface area contributed by atoms with Gasteiger partial charge in [-0.2, -0.15) is 4.31 Å². The molecule has 0 aliphatic carbocycles. The molecule has 172 valence electrons. The number of anilines is 1. The third-order valence-corrected chi connectivity index (χ3v) is 7.47. The minimum Gasteiger partial charge on any atom is -0.489 e. The van der Waals surface area contributed by atoms with Crippen molar-refractivity contribution in [3.8, 4) is 17.6 Å². The van der Waals surface area contributed by atoms with E-state index in [0.717, 1.165) is 29.8 Å². The second-order valence-corrected chi connectivity index (χ2v) is 10.1. The molecule has 1 heterocycles. The number of nitrogens with zero attached hydrogens (tertiary/aromatic N) is 2. The van der Waals surface area contributed by atoms with Crippen LogP contribution < -0.4 is 9.64 Å². The molecule has 6 heteroatoms. The van der Waals surface area contributed by atoms with E-state index in [1.807, 2.05) is 54.6 Å². The molecule has 0 N–H and O–H groups in total. The maximum atomic E-state index is 12.6.